The van der Waals surface area contributed by atoms with E-state index >= 15 is 0 Å². The van der Waals surface area contributed by atoms with Gasteiger partial charge in [0, 0.05) is 11.8 Å². The van der Waals surface area contributed by atoms with Crippen molar-refractivity contribution in [3.8, 4) is 5.88 Å². The summed E-state index contributed by atoms with van der Waals surface area (Å²) in [4.78, 5) is 19.5. The molecule has 0 radical (unpaired) electrons. The zero-order valence-electron chi connectivity index (χ0n) is 14.4. The number of pyridine rings is 1. The van der Waals surface area contributed by atoms with Gasteiger partial charge in [-0.15, -0.1) is 0 Å². The van der Waals surface area contributed by atoms with Crippen LogP contribution in [-0.4, -0.2) is 16.0 Å². The fraction of sp³-hybridized carbons (Fsp3) is 0.182. The molecule has 2 aromatic carbocycles. The van der Waals surface area contributed by atoms with E-state index in [1.165, 1.54) is 0 Å². The summed E-state index contributed by atoms with van der Waals surface area (Å²) >= 11 is 0. The summed E-state index contributed by atoms with van der Waals surface area (Å²) in [5.74, 6) is -0.323. The van der Waals surface area contributed by atoms with Gasteiger partial charge in [-0.3, -0.25) is 4.79 Å². The van der Waals surface area contributed by atoms with E-state index in [2.05, 4.69) is 4.98 Å². The second-order valence-electron chi connectivity index (χ2n) is 6.55. The second kappa shape index (κ2) is 7.00. The number of para-hydroxylation sites is 1. The van der Waals surface area contributed by atoms with Crippen LogP contribution in [-0.2, 0) is 17.8 Å². The number of hydrogen-bond donors (Lipinski definition) is 1. The Morgan fingerprint density at radius 3 is 2.42 bits per heavy atom. The van der Waals surface area contributed by atoms with Gasteiger partial charge < -0.3 is 10.0 Å². The molecule has 4 rings (SSSR count). The standard InChI is InChI=1S/C22H20N2O2/c25-20-14-12-17-11-13-19(21(17)23-20)22(26)24(18-9-5-2-6-10-18)15-16-7-3-1-4-8-16/h1-10,12,14,19H,11,13,15H2,(H,23,25). The van der Waals surface area contributed by atoms with Crippen molar-refractivity contribution in [2.24, 2.45) is 0 Å². The molecule has 1 atom stereocenters. The Bertz CT molecular complexity index is 910. The Morgan fingerprint density at radius 2 is 1.69 bits per heavy atom. The van der Waals surface area contributed by atoms with Crippen molar-refractivity contribution in [2.75, 3.05) is 4.90 Å². The van der Waals surface area contributed by atoms with Gasteiger partial charge >= 0.3 is 0 Å². The normalized spacial score (nSPS) is 15.5. The molecule has 3 aromatic rings. The van der Waals surface area contributed by atoms with Crippen molar-refractivity contribution in [1.82, 2.24) is 4.98 Å². The van der Waals surface area contributed by atoms with E-state index in [9.17, 15) is 9.90 Å². The first-order valence-corrected chi connectivity index (χ1v) is 8.81. The predicted octanol–water partition coefficient (Wildman–Crippen LogP) is 4.05. The summed E-state index contributed by atoms with van der Waals surface area (Å²) in [7, 11) is 0. The molecule has 130 valence electrons. The quantitative estimate of drug-likeness (QED) is 0.777. The summed E-state index contributed by atoms with van der Waals surface area (Å²) in [6.07, 6.45) is 1.54. The van der Waals surface area contributed by atoms with Gasteiger partial charge in [-0.2, -0.15) is 0 Å². The highest BCUT2D eigenvalue weighted by atomic mass is 16.3. The largest absolute Gasteiger partial charge is 0.493 e. The van der Waals surface area contributed by atoms with E-state index in [0.717, 1.165) is 29.7 Å². The minimum Gasteiger partial charge on any atom is -0.493 e. The Balaban J connectivity index is 1.69. The molecule has 26 heavy (non-hydrogen) atoms. The van der Waals surface area contributed by atoms with E-state index in [0.29, 0.717) is 12.2 Å². The van der Waals surface area contributed by atoms with E-state index in [-0.39, 0.29) is 17.7 Å². The van der Waals surface area contributed by atoms with Gasteiger partial charge in [-0.1, -0.05) is 54.6 Å². The topological polar surface area (TPSA) is 53.4 Å². The molecule has 1 heterocycles. The van der Waals surface area contributed by atoms with Crippen molar-refractivity contribution in [1.29, 1.82) is 0 Å². The number of anilines is 1. The molecule has 4 heteroatoms. The van der Waals surface area contributed by atoms with Crippen LogP contribution < -0.4 is 4.90 Å². The van der Waals surface area contributed by atoms with Gasteiger partial charge in [0.15, 0.2) is 0 Å². The van der Waals surface area contributed by atoms with Crippen LogP contribution in [0.25, 0.3) is 0 Å². The smallest absolute Gasteiger partial charge is 0.236 e. The number of aryl methyl sites for hydroxylation is 1. The Kier molecular flexibility index (Phi) is 4.40. The van der Waals surface area contributed by atoms with E-state index in [1.54, 1.807) is 6.07 Å². The van der Waals surface area contributed by atoms with Gasteiger partial charge in [0.1, 0.15) is 0 Å². The molecule has 1 unspecified atom stereocenters. The van der Waals surface area contributed by atoms with Crippen LogP contribution in [0.4, 0.5) is 5.69 Å². The zero-order valence-corrected chi connectivity index (χ0v) is 14.4. The molecule has 0 saturated carbocycles. The third-order valence-electron chi connectivity index (χ3n) is 4.85. The van der Waals surface area contributed by atoms with Gasteiger partial charge in [-0.05, 0) is 36.1 Å². The first-order valence-electron chi connectivity index (χ1n) is 8.81. The van der Waals surface area contributed by atoms with Crippen LogP contribution in [0.2, 0.25) is 0 Å². The predicted molar refractivity (Wildman–Crippen MR) is 101 cm³/mol. The van der Waals surface area contributed by atoms with Crippen LogP contribution in [0.5, 0.6) is 5.88 Å². The summed E-state index contributed by atoms with van der Waals surface area (Å²) in [5.41, 5.74) is 3.71. The van der Waals surface area contributed by atoms with Crippen molar-refractivity contribution >= 4 is 11.6 Å². The summed E-state index contributed by atoms with van der Waals surface area (Å²) in [6.45, 7) is 0.508. The van der Waals surface area contributed by atoms with Gasteiger partial charge in [-0.25, -0.2) is 4.98 Å². The number of carbonyl (C=O) groups is 1. The monoisotopic (exact) mass is 344 g/mol. The van der Waals surface area contributed by atoms with E-state index in [4.69, 9.17) is 0 Å². The Hall–Kier alpha value is -3.14. The molecule has 0 bridgehead atoms. The SMILES string of the molecule is O=C(C1CCc2ccc(O)nc21)N(Cc1ccccc1)c1ccccc1. The number of aromatic nitrogens is 1. The molecule has 0 aliphatic heterocycles. The van der Waals surface area contributed by atoms with Crippen LogP contribution in [0.1, 0.15) is 29.2 Å². The first-order chi connectivity index (χ1) is 12.7. The number of hydrogen-bond acceptors (Lipinski definition) is 3. The molecular formula is C22H20N2O2. The number of aromatic hydroxyl groups is 1. The van der Waals surface area contributed by atoms with Crippen LogP contribution in [0.3, 0.4) is 0 Å². The molecular weight excluding hydrogens is 324 g/mol. The molecule has 4 nitrogen and oxygen atoms in total. The fourth-order valence-corrected chi connectivity index (χ4v) is 3.54. The van der Waals surface area contributed by atoms with Gasteiger partial charge in [0.25, 0.3) is 0 Å². The Labute approximate surface area is 152 Å². The molecule has 1 aliphatic carbocycles. The third-order valence-corrected chi connectivity index (χ3v) is 4.85. The van der Waals surface area contributed by atoms with Gasteiger partial charge in [0.2, 0.25) is 11.8 Å². The molecule has 0 spiro atoms. The Morgan fingerprint density at radius 1 is 1.00 bits per heavy atom. The van der Waals surface area contributed by atoms with Crippen LogP contribution >= 0.6 is 0 Å². The number of carbonyl (C=O) groups excluding carboxylic acids is 1. The number of fused-ring (bicyclic) bond motifs is 1. The maximum Gasteiger partial charge on any atom is 0.236 e. The highest BCUT2D eigenvalue weighted by molar-refractivity contribution is 5.98. The van der Waals surface area contributed by atoms with E-state index in [1.807, 2.05) is 71.6 Å². The highest BCUT2D eigenvalue weighted by Crippen LogP contribution is 2.35. The summed E-state index contributed by atoms with van der Waals surface area (Å²) in [6, 6.07) is 23.2. The first kappa shape index (κ1) is 16.3. The van der Waals surface area contributed by atoms with Crippen LogP contribution in [0.15, 0.2) is 72.8 Å². The lowest BCUT2D eigenvalue weighted by molar-refractivity contribution is -0.120. The summed E-state index contributed by atoms with van der Waals surface area (Å²) < 4.78 is 0. The number of rotatable bonds is 4. The summed E-state index contributed by atoms with van der Waals surface area (Å²) in [5, 5.41) is 9.75. The van der Waals surface area contributed by atoms with Crippen molar-refractivity contribution in [3.63, 3.8) is 0 Å². The maximum absolute atomic E-state index is 13.4. The minimum absolute atomic E-state index is 0.0249. The molecule has 1 aromatic heterocycles. The second-order valence-corrected chi connectivity index (χ2v) is 6.55. The van der Waals surface area contributed by atoms with E-state index < -0.39 is 0 Å². The minimum atomic E-state index is -0.319. The van der Waals surface area contributed by atoms with Crippen molar-refractivity contribution < 1.29 is 9.90 Å². The van der Waals surface area contributed by atoms with Crippen molar-refractivity contribution in [2.45, 2.75) is 25.3 Å². The van der Waals surface area contributed by atoms with Crippen LogP contribution in [0, 0.1) is 0 Å². The lowest BCUT2D eigenvalue weighted by atomic mass is 10.0. The lowest BCUT2D eigenvalue weighted by Crippen LogP contribution is -2.34. The molecule has 0 fully saturated rings. The molecule has 1 N–H and O–H groups in total. The molecule has 1 amide bonds. The lowest BCUT2D eigenvalue weighted by Gasteiger charge is -2.26. The molecule has 1 aliphatic rings. The maximum atomic E-state index is 13.4. The highest BCUT2D eigenvalue weighted by Gasteiger charge is 2.34. The average Bonchev–Trinajstić information content (AvgIpc) is 3.10. The van der Waals surface area contributed by atoms with Crippen molar-refractivity contribution in [3.05, 3.63) is 89.6 Å². The average molecular weight is 344 g/mol. The number of amides is 1. The fourth-order valence-electron chi connectivity index (χ4n) is 3.54. The third kappa shape index (κ3) is 3.18. The zero-order chi connectivity index (χ0) is 17.9. The van der Waals surface area contributed by atoms with Gasteiger partial charge in [0.05, 0.1) is 18.2 Å². The number of nitrogens with zero attached hydrogens (tertiary/aromatic N) is 2. The number of benzene rings is 2. The molecule has 0 saturated heterocycles.